The molecule has 0 aromatic heterocycles. The van der Waals surface area contributed by atoms with Crippen LogP contribution in [0.4, 0.5) is 0 Å². The molecular weight excluding hydrogens is 280 g/mol. The molecule has 1 aromatic rings. The van der Waals surface area contributed by atoms with Crippen LogP contribution in [-0.4, -0.2) is 48.2 Å². The van der Waals surface area contributed by atoms with E-state index in [1.54, 1.807) is 8.61 Å². The maximum atomic E-state index is 12.6. The first-order chi connectivity index (χ1) is 9.18. The van der Waals surface area contributed by atoms with Gasteiger partial charge in [0.15, 0.2) is 0 Å². The molecule has 4 nitrogen and oxygen atoms in total. The zero-order valence-corrected chi connectivity index (χ0v) is 12.4. The third kappa shape index (κ3) is 2.67. The van der Waals surface area contributed by atoms with Gasteiger partial charge < -0.3 is 0 Å². The lowest BCUT2D eigenvalue weighted by molar-refractivity contribution is 0.335. The van der Waals surface area contributed by atoms with E-state index in [2.05, 4.69) is 6.07 Å². The SMILES string of the molecule is O=S(=O)(N1CCSCC1)N1CCc2ccccc2C1. The van der Waals surface area contributed by atoms with E-state index in [1.807, 2.05) is 30.0 Å². The minimum absolute atomic E-state index is 0.516. The molecule has 0 radical (unpaired) electrons. The number of thioether (sulfide) groups is 1. The molecule has 2 aliphatic rings. The fourth-order valence-corrected chi connectivity index (χ4v) is 5.34. The molecule has 1 saturated heterocycles. The van der Waals surface area contributed by atoms with Crippen LogP contribution in [0.2, 0.25) is 0 Å². The molecule has 104 valence electrons. The first-order valence-corrected chi connectivity index (χ1v) is 9.13. The third-order valence-electron chi connectivity index (χ3n) is 3.72. The Hall–Kier alpha value is -0.560. The van der Waals surface area contributed by atoms with Gasteiger partial charge in [0.25, 0.3) is 10.2 Å². The lowest BCUT2D eigenvalue weighted by Gasteiger charge is -2.34. The summed E-state index contributed by atoms with van der Waals surface area (Å²) in [6.07, 6.45) is 0.817. The molecule has 0 aliphatic carbocycles. The van der Waals surface area contributed by atoms with Crippen molar-refractivity contribution in [1.82, 2.24) is 8.61 Å². The minimum atomic E-state index is -3.27. The highest BCUT2D eigenvalue weighted by Crippen LogP contribution is 2.24. The molecule has 0 amide bonds. The number of nitrogens with zero attached hydrogens (tertiary/aromatic N) is 2. The predicted molar refractivity (Wildman–Crippen MR) is 78.4 cm³/mol. The van der Waals surface area contributed by atoms with Crippen LogP contribution in [-0.2, 0) is 23.2 Å². The van der Waals surface area contributed by atoms with E-state index in [1.165, 1.54) is 5.56 Å². The van der Waals surface area contributed by atoms with Crippen LogP contribution >= 0.6 is 11.8 Å². The highest BCUT2D eigenvalue weighted by molar-refractivity contribution is 7.99. The van der Waals surface area contributed by atoms with Crippen LogP contribution in [0.25, 0.3) is 0 Å². The molecule has 19 heavy (non-hydrogen) atoms. The Morgan fingerprint density at radius 1 is 0.947 bits per heavy atom. The van der Waals surface area contributed by atoms with Gasteiger partial charge in [-0.05, 0) is 17.5 Å². The van der Waals surface area contributed by atoms with Crippen molar-refractivity contribution in [2.24, 2.45) is 0 Å². The third-order valence-corrected chi connectivity index (χ3v) is 6.64. The molecule has 2 heterocycles. The van der Waals surface area contributed by atoms with E-state index < -0.39 is 10.2 Å². The fourth-order valence-electron chi connectivity index (χ4n) is 2.61. The van der Waals surface area contributed by atoms with Crippen molar-refractivity contribution in [3.05, 3.63) is 35.4 Å². The summed E-state index contributed by atoms with van der Waals surface area (Å²) in [4.78, 5) is 0. The minimum Gasteiger partial charge on any atom is -0.195 e. The second kappa shape index (κ2) is 5.44. The molecule has 0 unspecified atom stereocenters. The number of hydrogen-bond acceptors (Lipinski definition) is 3. The van der Waals surface area contributed by atoms with Gasteiger partial charge >= 0.3 is 0 Å². The Kier molecular flexibility index (Phi) is 3.84. The van der Waals surface area contributed by atoms with Gasteiger partial charge in [-0.15, -0.1) is 0 Å². The number of rotatable bonds is 2. The number of benzene rings is 1. The maximum Gasteiger partial charge on any atom is 0.282 e. The van der Waals surface area contributed by atoms with E-state index in [0.29, 0.717) is 26.2 Å². The Morgan fingerprint density at radius 2 is 1.63 bits per heavy atom. The smallest absolute Gasteiger partial charge is 0.195 e. The summed E-state index contributed by atoms with van der Waals surface area (Å²) < 4.78 is 28.5. The van der Waals surface area contributed by atoms with Gasteiger partial charge in [-0.1, -0.05) is 24.3 Å². The Bertz CT molecular complexity index is 554. The van der Waals surface area contributed by atoms with E-state index >= 15 is 0 Å². The molecule has 1 aromatic carbocycles. The van der Waals surface area contributed by atoms with Crippen molar-refractivity contribution in [1.29, 1.82) is 0 Å². The quantitative estimate of drug-likeness (QED) is 0.827. The van der Waals surface area contributed by atoms with Crippen LogP contribution in [0.15, 0.2) is 24.3 Å². The lowest BCUT2D eigenvalue weighted by atomic mass is 10.0. The van der Waals surface area contributed by atoms with Crippen LogP contribution < -0.4 is 0 Å². The van der Waals surface area contributed by atoms with E-state index in [-0.39, 0.29) is 0 Å². The van der Waals surface area contributed by atoms with Gasteiger partial charge in [0, 0.05) is 37.7 Å². The molecule has 2 aliphatic heterocycles. The molecule has 0 saturated carbocycles. The summed E-state index contributed by atoms with van der Waals surface area (Å²) in [6.45, 7) is 2.40. The monoisotopic (exact) mass is 298 g/mol. The highest BCUT2D eigenvalue weighted by Gasteiger charge is 2.32. The molecule has 0 atom stereocenters. The molecule has 0 N–H and O–H groups in total. The number of fused-ring (bicyclic) bond motifs is 1. The zero-order valence-electron chi connectivity index (χ0n) is 10.8. The zero-order chi connectivity index (χ0) is 13.3. The normalized spacial score (nSPS) is 22.1. The standard InChI is InChI=1S/C13H18N2O2S2/c16-19(17,14-7-9-18-10-8-14)15-6-5-12-3-1-2-4-13(12)11-15/h1-4H,5-11H2. The molecular formula is C13H18N2O2S2. The van der Waals surface area contributed by atoms with Gasteiger partial charge in [0.1, 0.15) is 0 Å². The Balaban J connectivity index is 1.80. The van der Waals surface area contributed by atoms with Gasteiger partial charge in [-0.2, -0.15) is 28.8 Å². The van der Waals surface area contributed by atoms with Gasteiger partial charge in [-0.3, -0.25) is 0 Å². The first kappa shape index (κ1) is 13.4. The highest BCUT2D eigenvalue weighted by atomic mass is 32.2. The second-order valence-electron chi connectivity index (χ2n) is 4.87. The van der Waals surface area contributed by atoms with Crippen molar-refractivity contribution < 1.29 is 8.42 Å². The average molecular weight is 298 g/mol. The van der Waals surface area contributed by atoms with Crippen LogP contribution in [0.1, 0.15) is 11.1 Å². The lowest BCUT2D eigenvalue weighted by Crippen LogP contribution is -2.48. The van der Waals surface area contributed by atoms with Gasteiger partial charge in [0.05, 0.1) is 0 Å². The number of hydrogen-bond donors (Lipinski definition) is 0. The molecule has 3 rings (SSSR count). The topological polar surface area (TPSA) is 40.6 Å². The summed E-state index contributed by atoms with van der Waals surface area (Å²) in [5, 5.41) is 0. The molecule has 6 heteroatoms. The van der Waals surface area contributed by atoms with Gasteiger partial charge in [0.2, 0.25) is 0 Å². The van der Waals surface area contributed by atoms with E-state index in [0.717, 1.165) is 23.5 Å². The summed E-state index contributed by atoms with van der Waals surface area (Å²) >= 11 is 1.83. The molecule has 0 bridgehead atoms. The van der Waals surface area contributed by atoms with Crippen LogP contribution in [0.5, 0.6) is 0 Å². The predicted octanol–water partition coefficient (Wildman–Crippen LogP) is 1.34. The van der Waals surface area contributed by atoms with Crippen molar-refractivity contribution in [2.75, 3.05) is 31.1 Å². The van der Waals surface area contributed by atoms with E-state index in [9.17, 15) is 8.42 Å². The largest absolute Gasteiger partial charge is 0.282 e. The fraction of sp³-hybridized carbons (Fsp3) is 0.538. The van der Waals surface area contributed by atoms with Crippen LogP contribution in [0, 0.1) is 0 Å². The first-order valence-electron chi connectivity index (χ1n) is 6.58. The van der Waals surface area contributed by atoms with Crippen LogP contribution in [0.3, 0.4) is 0 Å². The average Bonchev–Trinajstić information content (AvgIpc) is 2.47. The Morgan fingerprint density at radius 3 is 2.37 bits per heavy atom. The summed E-state index contributed by atoms with van der Waals surface area (Å²) in [5.41, 5.74) is 2.42. The van der Waals surface area contributed by atoms with Crippen molar-refractivity contribution in [3.63, 3.8) is 0 Å². The molecule has 0 spiro atoms. The molecule has 1 fully saturated rings. The van der Waals surface area contributed by atoms with Crippen molar-refractivity contribution in [2.45, 2.75) is 13.0 Å². The second-order valence-corrected chi connectivity index (χ2v) is 8.02. The summed E-state index contributed by atoms with van der Waals surface area (Å²) in [5.74, 6) is 1.81. The summed E-state index contributed by atoms with van der Waals surface area (Å²) in [7, 11) is -3.27. The Labute approximate surface area is 119 Å². The maximum absolute atomic E-state index is 12.6. The van der Waals surface area contributed by atoms with Crippen molar-refractivity contribution in [3.8, 4) is 0 Å². The van der Waals surface area contributed by atoms with E-state index in [4.69, 9.17) is 0 Å². The van der Waals surface area contributed by atoms with Crippen molar-refractivity contribution >= 4 is 22.0 Å². The van der Waals surface area contributed by atoms with Gasteiger partial charge in [-0.25, -0.2) is 0 Å². The summed E-state index contributed by atoms with van der Waals surface area (Å²) in [6, 6.07) is 8.12.